The Morgan fingerprint density at radius 1 is 1.42 bits per heavy atom. The van der Waals surface area contributed by atoms with Crippen molar-refractivity contribution in [3.05, 3.63) is 51.2 Å². The summed E-state index contributed by atoms with van der Waals surface area (Å²) in [6.07, 6.45) is -0.993. The second kappa shape index (κ2) is 5.07. The van der Waals surface area contributed by atoms with Crippen LogP contribution in [0.3, 0.4) is 0 Å². The van der Waals surface area contributed by atoms with Crippen LogP contribution in [0, 0.1) is 17.0 Å². The third kappa shape index (κ3) is 2.55. The number of aryl methyl sites for hydroxylation is 1. The summed E-state index contributed by atoms with van der Waals surface area (Å²) in [7, 11) is 0. The third-order valence-electron chi connectivity index (χ3n) is 2.26. The van der Waals surface area contributed by atoms with Gasteiger partial charge in [0.25, 0.3) is 0 Å². The van der Waals surface area contributed by atoms with Gasteiger partial charge in [0.15, 0.2) is 5.02 Å². The topological polar surface area (TPSA) is 87.3 Å². The molecule has 7 nitrogen and oxygen atoms in total. The Kier molecular flexibility index (Phi) is 3.48. The maximum absolute atomic E-state index is 11.8. The smallest absolute Gasteiger partial charge is 0.390 e. The van der Waals surface area contributed by atoms with E-state index in [1.165, 1.54) is 6.92 Å². The second-order valence-corrected chi connectivity index (χ2v) is 3.95. The minimum absolute atomic E-state index is 0.179. The quantitative estimate of drug-likeness (QED) is 0.624. The molecule has 19 heavy (non-hydrogen) atoms. The lowest BCUT2D eigenvalue weighted by Crippen LogP contribution is -2.20. The molecule has 0 saturated heterocycles. The van der Waals surface area contributed by atoms with Crippen molar-refractivity contribution >= 4 is 23.5 Å². The summed E-state index contributed by atoms with van der Waals surface area (Å²) < 4.78 is 5.49. The molecule has 1 aromatic carbocycles. The molecule has 0 aliphatic carbocycles. The summed E-state index contributed by atoms with van der Waals surface area (Å²) in [6, 6.07) is 8.16. The molecule has 1 aromatic heterocycles. The number of hydrogen-bond acceptors (Lipinski definition) is 5. The first-order valence-electron chi connectivity index (χ1n) is 5.17. The van der Waals surface area contributed by atoms with E-state index >= 15 is 0 Å². The Morgan fingerprint density at radius 2 is 2.05 bits per heavy atom. The minimum atomic E-state index is -0.993. The minimum Gasteiger partial charge on any atom is -0.390 e. The Bertz CT molecular complexity index is 639. The highest BCUT2D eigenvalue weighted by molar-refractivity contribution is 6.33. The number of nitro groups is 1. The Labute approximate surface area is 112 Å². The lowest BCUT2D eigenvalue weighted by atomic mass is 10.3. The van der Waals surface area contributed by atoms with Gasteiger partial charge < -0.3 is 14.9 Å². The maximum atomic E-state index is 11.8. The highest BCUT2D eigenvalue weighted by Crippen LogP contribution is 2.27. The number of hydrogen-bond donors (Lipinski definition) is 0. The number of carbonyl (C=O) groups excluding carboxylic acids is 1. The van der Waals surface area contributed by atoms with Gasteiger partial charge in [-0.25, -0.2) is 0 Å². The monoisotopic (exact) mass is 281 g/mol. The second-order valence-electron chi connectivity index (χ2n) is 3.57. The molecule has 0 saturated carbocycles. The van der Waals surface area contributed by atoms with Gasteiger partial charge in [-0.2, -0.15) is 4.79 Å². The third-order valence-corrected chi connectivity index (χ3v) is 2.70. The summed E-state index contributed by atoms with van der Waals surface area (Å²) in [5.74, 6) is -0.355. The number of ether oxygens (including phenoxy) is 1. The molecule has 98 valence electrons. The summed E-state index contributed by atoms with van der Waals surface area (Å²) >= 11 is 5.72. The normalized spacial score (nSPS) is 10.2. The van der Waals surface area contributed by atoms with Crippen LogP contribution in [0.25, 0.3) is 0 Å². The van der Waals surface area contributed by atoms with E-state index in [0.29, 0.717) is 4.68 Å². The fourth-order valence-corrected chi connectivity index (χ4v) is 1.60. The molecule has 2 rings (SSSR count). The van der Waals surface area contributed by atoms with Crippen LogP contribution in [0.2, 0.25) is 5.02 Å². The van der Waals surface area contributed by atoms with Gasteiger partial charge in [0.1, 0.15) is 11.4 Å². The van der Waals surface area contributed by atoms with Crippen molar-refractivity contribution in [3.63, 3.8) is 0 Å². The van der Waals surface area contributed by atoms with Gasteiger partial charge in [-0.05, 0) is 28.7 Å². The van der Waals surface area contributed by atoms with Crippen LogP contribution in [0.5, 0.6) is 5.75 Å². The number of benzene rings is 1. The van der Waals surface area contributed by atoms with E-state index in [4.69, 9.17) is 16.3 Å². The number of aromatic nitrogens is 2. The number of nitrogens with zero attached hydrogens (tertiary/aromatic N) is 3. The zero-order chi connectivity index (χ0) is 14.0. The highest BCUT2D eigenvalue weighted by atomic mass is 35.5. The zero-order valence-corrected chi connectivity index (χ0v) is 10.5. The first-order valence-corrected chi connectivity index (χ1v) is 5.55. The average Bonchev–Trinajstić information content (AvgIpc) is 2.67. The molecule has 0 fully saturated rings. The predicted octanol–water partition coefficient (Wildman–Crippen LogP) is 2.80. The fraction of sp³-hybridized carbons (Fsp3) is 0.0909. The van der Waals surface area contributed by atoms with Crippen molar-refractivity contribution in [3.8, 4) is 5.75 Å². The average molecular weight is 282 g/mol. The lowest BCUT2D eigenvalue weighted by Gasteiger charge is -2.00. The van der Waals surface area contributed by atoms with Crippen LogP contribution in [0.1, 0.15) is 5.69 Å². The lowest BCUT2D eigenvalue weighted by molar-refractivity contribution is -0.391. The molecule has 0 N–H and O–H groups in total. The Hall–Kier alpha value is -2.41. The number of para-hydroxylation sites is 1. The van der Waals surface area contributed by atoms with Crippen molar-refractivity contribution in [1.82, 2.24) is 9.78 Å². The van der Waals surface area contributed by atoms with Crippen molar-refractivity contribution in [2.75, 3.05) is 0 Å². The zero-order valence-electron chi connectivity index (χ0n) is 9.74. The molecule has 0 radical (unpaired) electrons. The van der Waals surface area contributed by atoms with Gasteiger partial charge in [0.05, 0.1) is 0 Å². The van der Waals surface area contributed by atoms with Crippen LogP contribution in [-0.2, 0) is 0 Å². The van der Waals surface area contributed by atoms with Gasteiger partial charge in [0.2, 0.25) is 0 Å². The Balaban J connectivity index is 2.35. The molecule has 1 heterocycles. The van der Waals surface area contributed by atoms with Crippen molar-refractivity contribution < 1.29 is 14.5 Å². The van der Waals surface area contributed by atoms with Gasteiger partial charge in [-0.1, -0.05) is 34.9 Å². The van der Waals surface area contributed by atoms with Crippen LogP contribution < -0.4 is 4.74 Å². The van der Waals surface area contributed by atoms with Crippen molar-refractivity contribution in [2.45, 2.75) is 6.92 Å². The first-order chi connectivity index (χ1) is 9.00. The van der Waals surface area contributed by atoms with Crippen molar-refractivity contribution in [2.24, 2.45) is 0 Å². The fourth-order valence-electron chi connectivity index (χ4n) is 1.41. The van der Waals surface area contributed by atoms with Crippen LogP contribution in [-0.4, -0.2) is 20.8 Å². The molecule has 0 aliphatic heterocycles. The van der Waals surface area contributed by atoms with Crippen LogP contribution in [0.4, 0.5) is 10.6 Å². The SMILES string of the molecule is Cc1nn(C(=O)Oc2ccccc2)c([N+](=O)[O-])c1Cl. The van der Waals surface area contributed by atoms with Crippen molar-refractivity contribution in [1.29, 1.82) is 0 Å². The molecule has 0 amide bonds. The van der Waals surface area contributed by atoms with E-state index in [1.54, 1.807) is 30.3 Å². The predicted molar refractivity (Wildman–Crippen MR) is 66.5 cm³/mol. The largest absolute Gasteiger partial charge is 0.539 e. The molecule has 0 aliphatic rings. The van der Waals surface area contributed by atoms with E-state index in [-0.39, 0.29) is 16.5 Å². The van der Waals surface area contributed by atoms with Crippen LogP contribution in [0.15, 0.2) is 30.3 Å². The van der Waals surface area contributed by atoms with Gasteiger partial charge >= 0.3 is 11.9 Å². The standard InChI is InChI=1S/C11H8ClN3O4/c1-7-9(12)10(15(17)18)14(13-7)11(16)19-8-5-3-2-4-6-8/h2-6H,1H3. The highest BCUT2D eigenvalue weighted by Gasteiger charge is 2.31. The Morgan fingerprint density at radius 3 is 2.63 bits per heavy atom. The summed E-state index contributed by atoms with van der Waals surface area (Å²) in [4.78, 5) is 21.9. The molecular formula is C11H8ClN3O4. The van der Waals surface area contributed by atoms with Crippen LogP contribution >= 0.6 is 11.6 Å². The first kappa shape index (κ1) is 13.0. The summed E-state index contributed by atoms with van der Waals surface area (Å²) in [5, 5.41) is 14.4. The number of rotatable bonds is 2. The molecule has 0 atom stereocenters. The van der Waals surface area contributed by atoms with E-state index in [1.807, 2.05) is 0 Å². The molecule has 8 heteroatoms. The molecule has 2 aromatic rings. The summed E-state index contributed by atoms with van der Waals surface area (Å²) in [5.41, 5.74) is 0.179. The molecule has 0 bridgehead atoms. The van der Waals surface area contributed by atoms with Gasteiger partial charge in [-0.15, -0.1) is 0 Å². The van der Waals surface area contributed by atoms with Gasteiger partial charge in [0, 0.05) is 0 Å². The molecule has 0 spiro atoms. The van der Waals surface area contributed by atoms with E-state index < -0.39 is 16.8 Å². The van der Waals surface area contributed by atoms with E-state index in [2.05, 4.69) is 5.10 Å². The maximum Gasteiger partial charge on any atom is 0.539 e. The molecular weight excluding hydrogens is 274 g/mol. The van der Waals surface area contributed by atoms with E-state index in [9.17, 15) is 14.9 Å². The number of halogens is 1. The number of carbonyl (C=O) groups is 1. The molecule has 0 unspecified atom stereocenters. The van der Waals surface area contributed by atoms with Gasteiger partial charge in [-0.3, -0.25) is 0 Å². The summed E-state index contributed by atoms with van der Waals surface area (Å²) in [6.45, 7) is 1.46. The van der Waals surface area contributed by atoms with E-state index in [0.717, 1.165) is 0 Å².